The fourth-order valence-electron chi connectivity index (χ4n) is 5.79. The Morgan fingerprint density at radius 2 is 1.92 bits per heavy atom. The van der Waals surface area contributed by atoms with Crippen molar-refractivity contribution in [1.29, 1.82) is 0 Å². The number of carboxylic acid groups (broad SMARTS) is 1. The van der Waals surface area contributed by atoms with Crippen LogP contribution in [0.1, 0.15) is 37.7 Å². The number of aromatic nitrogens is 2. The predicted octanol–water partition coefficient (Wildman–Crippen LogP) is 5.18. The van der Waals surface area contributed by atoms with Gasteiger partial charge in [0.25, 0.3) is 0 Å². The molecule has 2 aromatic heterocycles. The number of rotatable bonds is 7. The van der Waals surface area contributed by atoms with Crippen molar-refractivity contribution < 1.29 is 28.2 Å². The van der Waals surface area contributed by atoms with Crippen LogP contribution in [-0.2, 0) is 20.7 Å². The van der Waals surface area contributed by atoms with E-state index in [0.717, 1.165) is 16.3 Å². The highest BCUT2D eigenvalue weighted by molar-refractivity contribution is 5.93. The number of hydrogen-bond acceptors (Lipinski definition) is 6. The molecule has 6 rings (SSSR count). The van der Waals surface area contributed by atoms with Gasteiger partial charge >= 0.3 is 5.97 Å². The van der Waals surface area contributed by atoms with Gasteiger partial charge in [-0.25, -0.2) is 9.37 Å². The molecule has 0 bridgehead atoms. The maximum Gasteiger partial charge on any atom is 0.306 e. The zero-order chi connectivity index (χ0) is 26.9. The van der Waals surface area contributed by atoms with E-state index >= 15 is 0 Å². The van der Waals surface area contributed by atoms with Crippen LogP contribution in [0.2, 0.25) is 0 Å². The second kappa shape index (κ2) is 10.7. The molecule has 202 valence electrons. The van der Waals surface area contributed by atoms with Gasteiger partial charge in [-0.3, -0.25) is 14.6 Å². The first-order valence-corrected chi connectivity index (χ1v) is 13.5. The van der Waals surface area contributed by atoms with E-state index in [9.17, 15) is 19.1 Å². The van der Waals surface area contributed by atoms with Crippen molar-refractivity contribution >= 4 is 33.7 Å². The van der Waals surface area contributed by atoms with Crippen molar-refractivity contribution in [1.82, 2.24) is 14.9 Å². The smallest absolute Gasteiger partial charge is 0.306 e. The predicted molar refractivity (Wildman–Crippen MR) is 143 cm³/mol. The highest BCUT2D eigenvalue weighted by Gasteiger charge is 2.36. The fraction of sp³-hybridized carbons (Fsp3) is 0.400. The molecule has 9 heteroatoms. The van der Waals surface area contributed by atoms with Gasteiger partial charge in [-0.15, -0.1) is 0 Å². The van der Waals surface area contributed by atoms with E-state index < -0.39 is 12.1 Å². The number of amides is 1. The highest BCUT2D eigenvalue weighted by Crippen LogP contribution is 2.31. The van der Waals surface area contributed by atoms with Gasteiger partial charge in [-0.05, 0) is 54.8 Å². The summed E-state index contributed by atoms with van der Waals surface area (Å²) in [6.07, 6.45) is 3.47. The zero-order valence-corrected chi connectivity index (χ0v) is 21.5. The third-order valence-corrected chi connectivity index (χ3v) is 7.92. The van der Waals surface area contributed by atoms with Crippen LogP contribution in [0.25, 0.3) is 33.5 Å². The van der Waals surface area contributed by atoms with Crippen molar-refractivity contribution in [2.75, 3.05) is 13.2 Å². The molecule has 1 saturated carbocycles. The van der Waals surface area contributed by atoms with Crippen LogP contribution in [0, 0.1) is 5.92 Å². The average molecular weight is 532 g/mol. The largest absolute Gasteiger partial charge is 0.481 e. The normalized spacial score (nSPS) is 23.5. The van der Waals surface area contributed by atoms with E-state index in [0.29, 0.717) is 48.4 Å². The number of hydrogen-bond donors (Lipinski definition) is 1. The van der Waals surface area contributed by atoms with Gasteiger partial charge in [0, 0.05) is 18.0 Å². The van der Waals surface area contributed by atoms with E-state index in [1.807, 2.05) is 48.5 Å². The first-order valence-electron chi connectivity index (χ1n) is 13.5. The van der Waals surface area contributed by atoms with Crippen LogP contribution in [0.4, 0.5) is 4.39 Å². The molecule has 1 aliphatic carbocycles. The second-order valence-corrected chi connectivity index (χ2v) is 10.6. The van der Waals surface area contributed by atoms with Crippen molar-refractivity contribution in [2.24, 2.45) is 5.92 Å². The average Bonchev–Trinajstić information content (AvgIpc) is 3.54. The maximum atomic E-state index is 14.4. The number of pyridine rings is 1. The van der Waals surface area contributed by atoms with E-state index in [4.69, 9.17) is 9.15 Å². The molecular weight excluding hydrogens is 501 g/mol. The molecule has 0 unspecified atom stereocenters. The summed E-state index contributed by atoms with van der Waals surface area (Å²) in [5, 5.41) is 11.2. The van der Waals surface area contributed by atoms with Crippen LogP contribution in [0.15, 0.2) is 59.1 Å². The molecule has 39 heavy (non-hydrogen) atoms. The Balaban J connectivity index is 1.12. The van der Waals surface area contributed by atoms with E-state index in [1.54, 1.807) is 11.1 Å². The summed E-state index contributed by atoms with van der Waals surface area (Å²) in [6, 6.07) is 15.0. The summed E-state index contributed by atoms with van der Waals surface area (Å²) in [5.74, 6) is -0.815. The number of carbonyl (C=O) groups excluding carboxylic acids is 1. The monoisotopic (exact) mass is 531 g/mol. The molecule has 2 aromatic carbocycles. The van der Waals surface area contributed by atoms with E-state index in [2.05, 4.69) is 9.97 Å². The molecule has 8 nitrogen and oxygen atoms in total. The number of nitrogens with zero attached hydrogens (tertiary/aromatic N) is 3. The molecule has 4 aromatic rings. The summed E-state index contributed by atoms with van der Waals surface area (Å²) >= 11 is 0. The third-order valence-electron chi connectivity index (χ3n) is 7.92. The Morgan fingerprint density at radius 3 is 2.74 bits per heavy atom. The Labute approximate surface area is 224 Å². The summed E-state index contributed by atoms with van der Waals surface area (Å²) in [4.78, 5) is 35.1. The molecule has 2 fully saturated rings. The first kappa shape index (κ1) is 25.4. The summed E-state index contributed by atoms with van der Waals surface area (Å²) in [7, 11) is 0. The van der Waals surface area contributed by atoms with Gasteiger partial charge < -0.3 is 19.2 Å². The summed E-state index contributed by atoms with van der Waals surface area (Å²) < 4.78 is 26.5. The van der Waals surface area contributed by atoms with Gasteiger partial charge in [-0.2, -0.15) is 0 Å². The lowest BCUT2D eigenvalue weighted by molar-refractivity contribution is -0.144. The number of carboxylic acids is 1. The number of fused-ring (bicyclic) bond motifs is 2. The molecule has 0 radical (unpaired) electrons. The number of aliphatic carboxylic acids is 1. The Bertz CT molecular complexity index is 1510. The standard InChI is InChI=1S/C30H30FN3O5/c31-21-15-22(17-38-23-8-6-20(7-9-23)30(36)37)34(16-21)27(35)14-18-5-10-25-26(13-18)39-29(33-25)28-24-4-2-1-3-19(24)11-12-32-28/h1-5,10-13,20-23H,6-9,14-17H2,(H,36,37)/t20?,21-,22-,23?/m0/s1. The van der Waals surface area contributed by atoms with Crippen LogP contribution >= 0.6 is 0 Å². The van der Waals surface area contributed by atoms with Crippen LogP contribution in [0.5, 0.6) is 0 Å². The molecule has 1 saturated heterocycles. The van der Waals surface area contributed by atoms with Crippen LogP contribution < -0.4 is 0 Å². The summed E-state index contributed by atoms with van der Waals surface area (Å²) in [5.41, 5.74) is 2.65. The summed E-state index contributed by atoms with van der Waals surface area (Å²) in [6.45, 7) is 0.317. The number of ether oxygens (including phenoxy) is 1. The van der Waals surface area contributed by atoms with Crippen molar-refractivity contribution in [3.05, 3.63) is 60.3 Å². The topological polar surface area (TPSA) is 106 Å². The Morgan fingerprint density at radius 1 is 1.10 bits per heavy atom. The van der Waals surface area contributed by atoms with Crippen LogP contribution in [0.3, 0.4) is 0 Å². The lowest BCUT2D eigenvalue weighted by Crippen LogP contribution is -2.40. The molecule has 3 heterocycles. The van der Waals surface area contributed by atoms with E-state index in [1.165, 1.54) is 0 Å². The molecule has 1 amide bonds. The first-order chi connectivity index (χ1) is 18.9. The molecule has 2 aliphatic rings. The van der Waals surface area contributed by atoms with E-state index in [-0.39, 0.29) is 50.0 Å². The molecular formula is C30H30FN3O5. The van der Waals surface area contributed by atoms with Gasteiger partial charge in [0.05, 0.1) is 37.6 Å². The number of alkyl halides is 1. The number of benzene rings is 2. The van der Waals surface area contributed by atoms with Gasteiger partial charge in [0.1, 0.15) is 17.4 Å². The molecule has 0 spiro atoms. The molecule has 2 atom stereocenters. The Hall–Kier alpha value is -3.85. The fourth-order valence-corrected chi connectivity index (χ4v) is 5.79. The minimum absolute atomic E-state index is 0.0458. The van der Waals surface area contributed by atoms with Gasteiger partial charge in [-0.1, -0.05) is 30.3 Å². The number of likely N-dealkylation sites (tertiary alicyclic amines) is 1. The maximum absolute atomic E-state index is 14.4. The number of carbonyl (C=O) groups is 2. The zero-order valence-electron chi connectivity index (χ0n) is 21.5. The number of oxazole rings is 1. The van der Waals surface area contributed by atoms with Crippen molar-refractivity contribution in [2.45, 2.75) is 56.8 Å². The van der Waals surface area contributed by atoms with Crippen LogP contribution in [-0.4, -0.2) is 63.3 Å². The second-order valence-electron chi connectivity index (χ2n) is 10.6. The Kier molecular flexibility index (Phi) is 6.99. The minimum Gasteiger partial charge on any atom is -0.481 e. The number of halogens is 1. The van der Waals surface area contributed by atoms with Crippen molar-refractivity contribution in [3.8, 4) is 11.6 Å². The van der Waals surface area contributed by atoms with Gasteiger partial charge in [0.15, 0.2) is 5.58 Å². The third kappa shape index (κ3) is 5.36. The van der Waals surface area contributed by atoms with Gasteiger partial charge in [0.2, 0.25) is 11.8 Å². The quantitative estimate of drug-likeness (QED) is 0.350. The lowest BCUT2D eigenvalue weighted by atomic mass is 9.87. The minimum atomic E-state index is -1.09. The molecule has 1 aliphatic heterocycles. The SMILES string of the molecule is O=C(O)C1CCC(OC[C@@H]2C[C@H](F)CN2C(=O)Cc2ccc3nc(-c4nccc5ccccc45)oc3c2)CC1. The van der Waals surface area contributed by atoms with Crippen molar-refractivity contribution in [3.63, 3.8) is 0 Å². The molecule has 1 N–H and O–H groups in total. The highest BCUT2D eigenvalue weighted by atomic mass is 19.1. The lowest BCUT2D eigenvalue weighted by Gasteiger charge is -2.29.